The Morgan fingerprint density at radius 3 is 1.32 bits per heavy atom. The highest BCUT2D eigenvalue weighted by molar-refractivity contribution is 4.88. The molecule has 0 bridgehead atoms. The van der Waals surface area contributed by atoms with Crippen molar-refractivity contribution in [1.82, 2.24) is 0 Å². The van der Waals surface area contributed by atoms with Gasteiger partial charge in [-0.1, -0.05) is 0 Å². The topological polar surface area (TPSA) is 126 Å². The highest BCUT2D eigenvalue weighted by Gasteiger charge is 2.47. The lowest BCUT2D eigenvalue weighted by Crippen LogP contribution is -3.23. The molecule has 2 aliphatic heterocycles. The molecule has 0 aliphatic carbocycles. The van der Waals surface area contributed by atoms with Crippen LogP contribution in [0.2, 0.25) is 0 Å². The van der Waals surface area contributed by atoms with E-state index in [1.54, 1.807) is 0 Å². The number of hydroxylamine groups is 4. The first-order valence-corrected chi connectivity index (χ1v) is 11.1. The molecule has 0 aromatic carbocycles. The van der Waals surface area contributed by atoms with Crippen LogP contribution < -0.4 is 10.1 Å². The van der Waals surface area contributed by atoms with Crippen LogP contribution >= 0.6 is 0 Å². The van der Waals surface area contributed by atoms with Crippen LogP contribution in [0.15, 0.2) is 0 Å². The van der Waals surface area contributed by atoms with E-state index in [4.69, 9.17) is 14.3 Å². The van der Waals surface area contributed by atoms with Crippen molar-refractivity contribution in [3.05, 3.63) is 20.5 Å². The summed E-state index contributed by atoms with van der Waals surface area (Å²) in [4.78, 5) is 15.8. The van der Waals surface area contributed by atoms with Crippen molar-refractivity contribution in [2.45, 2.75) is 122 Å². The van der Waals surface area contributed by atoms with E-state index in [9.17, 15) is 20.5 Å². The first-order chi connectivity index (χ1) is 14.0. The van der Waals surface area contributed by atoms with E-state index in [0.29, 0.717) is 25.7 Å². The average Bonchev–Trinajstić information content (AvgIpc) is 2.58. The largest absolute Gasteiger partial charge is 0.634 e. The summed E-state index contributed by atoms with van der Waals surface area (Å²) in [5, 5.41) is 35.8. The van der Waals surface area contributed by atoms with Crippen molar-refractivity contribution >= 4 is 0 Å². The fraction of sp³-hybridized carbons (Fsp3) is 1.00. The number of rotatable bonds is 8. The molecule has 0 radical (unpaired) electrons. The van der Waals surface area contributed by atoms with Gasteiger partial charge in [-0.25, -0.2) is 0 Å². The number of nitrogens with one attached hydrogen (secondary N) is 2. The van der Waals surface area contributed by atoms with Gasteiger partial charge < -0.3 is 34.9 Å². The molecule has 2 aliphatic rings. The van der Waals surface area contributed by atoms with E-state index < -0.39 is 33.3 Å². The maximum atomic E-state index is 12.6. The summed E-state index contributed by atoms with van der Waals surface area (Å²) in [6, 6.07) is 0. The second kappa shape index (κ2) is 9.07. The summed E-state index contributed by atoms with van der Waals surface area (Å²) in [5.41, 5.74) is -2.02. The third-order valence-electron chi connectivity index (χ3n) is 6.68. The van der Waals surface area contributed by atoms with E-state index in [1.807, 2.05) is 55.4 Å². The van der Waals surface area contributed by atoms with Gasteiger partial charge in [-0.05, 0) is 55.4 Å². The van der Waals surface area contributed by atoms with E-state index in [-0.39, 0.29) is 35.5 Å². The van der Waals surface area contributed by atoms with E-state index in [2.05, 4.69) is 0 Å². The summed E-state index contributed by atoms with van der Waals surface area (Å²) in [6.45, 7) is 15.3. The van der Waals surface area contributed by atoms with Crippen molar-refractivity contribution in [3.8, 4) is 0 Å². The third kappa shape index (κ3) is 6.49. The third-order valence-corrected chi connectivity index (χ3v) is 6.68. The van der Waals surface area contributed by atoms with Crippen LogP contribution in [0.4, 0.5) is 0 Å². The van der Waals surface area contributed by atoms with E-state index in [1.165, 1.54) is 0 Å². The number of hydrogen-bond acceptors (Lipinski definition) is 7. The Morgan fingerprint density at radius 2 is 1.06 bits per heavy atom. The van der Waals surface area contributed by atoms with Crippen LogP contribution in [0, 0.1) is 20.5 Å². The minimum absolute atomic E-state index is 0.00440. The summed E-state index contributed by atoms with van der Waals surface area (Å²) in [7, 11) is 0. The molecular weight excluding hydrogens is 406 g/mol. The van der Waals surface area contributed by atoms with Crippen molar-refractivity contribution in [2.75, 3.05) is 13.2 Å². The summed E-state index contributed by atoms with van der Waals surface area (Å²) >= 11 is 0. The van der Waals surface area contributed by atoms with Crippen LogP contribution in [-0.4, -0.2) is 58.8 Å². The van der Waals surface area contributed by atoms with Crippen LogP contribution in [0.25, 0.3) is 0 Å². The fourth-order valence-electron chi connectivity index (χ4n) is 5.58. The summed E-state index contributed by atoms with van der Waals surface area (Å²) < 4.78 is 12.0. The Morgan fingerprint density at radius 1 is 0.774 bits per heavy atom. The number of quaternary nitrogens is 2. The Hall–Kier alpha value is -1.04. The minimum Gasteiger partial charge on any atom is -0.634 e. The van der Waals surface area contributed by atoms with Gasteiger partial charge in [-0.15, -0.1) is 10.1 Å². The van der Waals surface area contributed by atoms with Gasteiger partial charge in [0, 0.05) is 25.7 Å². The highest BCUT2D eigenvalue weighted by atomic mass is 17.0. The van der Waals surface area contributed by atoms with Crippen LogP contribution in [-0.2, 0) is 14.3 Å². The average molecular weight is 448 g/mol. The number of nitrogens with zero attached hydrogens (tertiary/aromatic N) is 1. The van der Waals surface area contributed by atoms with Gasteiger partial charge in [0.1, 0.15) is 0 Å². The van der Waals surface area contributed by atoms with Crippen molar-refractivity contribution < 1.29 is 29.5 Å². The highest BCUT2D eigenvalue weighted by Crippen LogP contribution is 2.28. The maximum Gasteiger partial charge on any atom is 0.294 e. The zero-order valence-corrected chi connectivity index (χ0v) is 20.3. The number of ether oxygens (including phenoxy) is 2. The first-order valence-electron chi connectivity index (χ1n) is 11.1. The Bertz CT molecular complexity index is 556. The van der Waals surface area contributed by atoms with Crippen LogP contribution in [0.5, 0.6) is 0 Å². The minimum atomic E-state index is -0.872. The molecule has 0 aromatic heterocycles. The van der Waals surface area contributed by atoms with Gasteiger partial charge in [0.2, 0.25) is 0 Å². The summed E-state index contributed by atoms with van der Waals surface area (Å²) in [5.74, 6) is 0. The van der Waals surface area contributed by atoms with Crippen molar-refractivity contribution in [2.24, 2.45) is 0 Å². The molecule has 10 heteroatoms. The maximum absolute atomic E-state index is 12.6. The van der Waals surface area contributed by atoms with Gasteiger partial charge in [-0.3, -0.25) is 0 Å². The molecule has 0 saturated carbocycles. The molecule has 2 rings (SSSR count). The zero-order chi connectivity index (χ0) is 23.8. The second-order valence-corrected chi connectivity index (χ2v) is 11.9. The lowest BCUT2D eigenvalue weighted by atomic mass is 9.80. The SMILES string of the molecule is CC1(C)CC(OCC(COC2CC(C)(C)[NH+]([O-])C(C)(C)C2)O[N+](=O)[O-])CC(C)(C)[NH+]1[O-]. The molecule has 2 N–H and O–H groups in total. The Labute approximate surface area is 185 Å². The predicted octanol–water partition coefficient (Wildman–Crippen LogP) is 0.801. The lowest BCUT2D eigenvalue weighted by molar-refractivity contribution is -0.956. The zero-order valence-electron chi connectivity index (χ0n) is 20.3. The normalized spacial score (nSPS) is 34.6. The molecule has 182 valence electrons. The molecule has 2 fully saturated rings. The second-order valence-electron chi connectivity index (χ2n) is 11.9. The fourth-order valence-corrected chi connectivity index (χ4v) is 5.58. The van der Waals surface area contributed by atoms with Gasteiger partial charge >= 0.3 is 0 Å². The molecule has 0 atom stereocenters. The Balaban J connectivity index is 1.96. The molecule has 2 saturated heterocycles. The summed E-state index contributed by atoms with van der Waals surface area (Å²) in [6.07, 6.45) is 1.00. The van der Waals surface area contributed by atoms with Crippen molar-refractivity contribution in [1.29, 1.82) is 0 Å². The molecular formula is C21H41N3O7. The number of piperidine rings is 2. The smallest absolute Gasteiger partial charge is 0.294 e. The lowest BCUT2D eigenvalue weighted by Gasteiger charge is -2.54. The van der Waals surface area contributed by atoms with Gasteiger partial charge in [0.25, 0.3) is 5.09 Å². The Kier molecular flexibility index (Phi) is 7.67. The molecule has 0 unspecified atom stereocenters. The monoisotopic (exact) mass is 447 g/mol. The molecule has 0 aromatic rings. The van der Waals surface area contributed by atoms with Crippen molar-refractivity contribution in [3.63, 3.8) is 0 Å². The molecule has 0 amide bonds. The standard InChI is InChI=1S/C21H41N3O7/c1-18(2)9-15(10-19(3,4)22(18)25)29-13-17(31-24(27)28)14-30-16-11-20(5,6)23(26)21(7,8)12-16/h15-17,22-23H,9-14H2,1-8H3. The van der Waals surface area contributed by atoms with E-state index >= 15 is 0 Å². The van der Waals surface area contributed by atoms with Gasteiger partial charge in [0.15, 0.2) is 6.10 Å². The predicted molar refractivity (Wildman–Crippen MR) is 115 cm³/mol. The van der Waals surface area contributed by atoms with Crippen LogP contribution in [0.1, 0.15) is 81.1 Å². The van der Waals surface area contributed by atoms with Gasteiger partial charge in [0.05, 0.1) is 47.6 Å². The quantitative estimate of drug-likeness (QED) is 0.320. The van der Waals surface area contributed by atoms with Gasteiger partial charge in [-0.2, -0.15) is 0 Å². The van der Waals surface area contributed by atoms with E-state index in [0.717, 1.165) is 0 Å². The molecule has 31 heavy (non-hydrogen) atoms. The van der Waals surface area contributed by atoms with Crippen LogP contribution in [0.3, 0.4) is 0 Å². The molecule has 2 heterocycles. The molecule has 10 nitrogen and oxygen atoms in total. The first kappa shape index (κ1) is 26.2. The molecule has 0 spiro atoms. The number of hydrogen-bond donors (Lipinski definition) is 2.